The predicted octanol–water partition coefficient (Wildman–Crippen LogP) is 5.07. The molecule has 0 saturated carbocycles. The van der Waals surface area contributed by atoms with Crippen molar-refractivity contribution in [1.82, 2.24) is 0 Å². The minimum atomic E-state index is -0.981. The smallest absolute Gasteiger partial charge is 0.412 e. The highest BCUT2D eigenvalue weighted by molar-refractivity contribution is 7.91. The third kappa shape index (κ3) is 4.80. The number of ether oxygens (including phenoxy) is 2. The van der Waals surface area contributed by atoms with Gasteiger partial charge in [0.2, 0.25) is 0 Å². The van der Waals surface area contributed by atoms with Gasteiger partial charge in [-0.2, -0.15) is 0 Å². The highest BCUT2D eigenvalue weighted by Gasteiger charge is 2.33. The molecule has 0 aromatic heterocycles. The summed E-state index contributed by atoms with van der Waals surface area (Å²) >= 11 is -0.981. The molecular formula is C22H27NO4S. The van der Waals surface area contributed by atoms with E-state index in [9.17, 15) is 9.35 Å². The SMILES string of the molecule is Cc1ccc([S+]([O-])CCCCOc2ccc3c(c2)NC(=O)OC3(C)C)cc1C. The molecule has 2 aromatic carbocycles. The number of amides is 1. The number of nitrogens with one attached hydrogen (secondary N) is 1. The summed E-state index contributed by atoms with van der Waals surface area (Å²) in [6.45, 7) is 8.36. The van der Waals surface area contributed by atoms with E-state index in [0.717, 1.165) is 29.0 Å². The Bertz CT molecular complexity index is 866. The Hall–Kier alpha value is -2.18. The van der Waals surface area contributed by atoms with Crippen molar-refractivity contribution in [3.63, 3.8) is 0 Å². The van der Waals surface area contributed by atoms with Crippen molar-refractivity contribution < 1.29 is 18.8 Å². The molecule has 1 heterocycles. The zero-order valence-corrected chi connectivity index (χ0v) is 17.7. The van der Waals surface area contributed by atoms with E-state index in [2.05, 4.69) is 12.2 Å². The van der Waals surface area contributed by atoms with Crippen molar-refractivity contribution >= 4 is 23.0 Å². The van der Waals surface area contributed by atoms with Crippen molar-refractivity contribution in [1.29, 1.82) is 0 Å². The second-order valence-corrected chi connectivity index (χ2v) is 9.15. The van der Waals surface area contributed by atoms with Gasteiger partial charge >= 0.3 is 6.09 Å². The minimum Gasteiger partial charge on any atom is -0.611 e. The largest absolute Gasteiger partial charge is 0.611 e. The van der Waals surface area contributed by atoms with Crippen LogP contribution in [0.15, 0.2) is 41.3 Å². The number of carbonyl (C=O) groups is 1. The highest BCUT2D eigenvalue weighted by atomic mass is 32.2. The summed E-state index contributed by atoms with van der Waals surface area (Å²) in [6, 6.07) is 11.6. The molecule has 0 fully saturated rings. The standard InChI is InChI=1S/C22H27NO4S/c1-15-7-9-18(13-16(15)2)28(25)12-6-5-11-26-17-8-10-19-20(14-17)23-21(24)27-22(19,3)4/h7-10,13-14H,5-6,11-12H2,1-4H3,(H,23,24). The molecule has 1 unspecified atom stereocenters. The Kier molecular flexibility index (Phi) is 6.20. The zero-order chi connectivity index (χ0) is 20.3. The fourth-order valence-electron chi connectivity index (χ4n) is 3.16. The van der Waals surface area contributed by atoms with Crippen molar-refractivity contribution in [2.45, 2.75) is 51.0 Å². The maximum absolute atomic E-state index is 12.4. The quantitative estimate of drug-likeness (QED) is 0.519. The number of rotatable bonds is 7. The first-order valence-corrected chi connectivity index (χ1v) is 10.8. The lowest BCUT2D eigenvalue weighted by Crippen LogP contribution is -2.34. The topological polar surface area (TPSA) is 70.6 Å². The van der Waals surface area contributed by atoms with Crippen LogP contribution in [-0.4, -0.2) is 23.0 Å². The molecule has 28 heavy (non-hydrogen) atoms. The van der Waals surface area contributed by atoms with Crippen LogP contribution in [0.25, 0.3) is 0 Å². The summed E-state index contributed by atoms with van der Waals surface area (Å²) in [6.07, 6.45) is 1.18. The second kappa shape index (κ2) is 8.45. The highest BCUT2D eigenvalue weighted by Crippen LogP contribution is 2.37. The molecule has 3 rings (SSSR count). The van der Waals surface area contributed by atoms with Crippen LogP contribution in [0.2, 0.25) is 0 Å². The second-order valence-electron chi connectivity index (χ2n) is 7.58. The van der Waals surface area contributed by atoms with E-state index in [-0.39, 0.29) is 0 Å². The van der Waals surface area contributed by atoms with Gasteiger partial charge in [0, 0.05) is 11.6 Å². The number of anilines is 1. The Balaban J connectivity index is 1.47. The molecule has 0 saturated heterocycles. The Morgan fingerprint density at radius 2 is 1.89 bits per heavy atom. The summed E-state index contributed by atoms with van der Waals surface area (Å²) < 4.78 is 23.5. The zero-order valence-electron chi connectivity index (χ0n) is 16.8. The number of carbonyl (C=O) groups excluding carboxylic acids is 1. The van der Waals surface area contributed by atoms with Crippen molar-refractivity contribution in [3.8, 4) is 5.75 Å². The first-order chi connectivity index (χ1) is 13.3. The molecule has 1 aliphatic heterocycles. The fourth-order valence-corrected chi connectivity index (χ4v) is 4.39. The summed E-state index contributed by atoms with van der Waals surface area (Å²) in [7, 11) is 0. The lowest BCUT2D eigenvalue weighted by Gasteiger charge is -2.32. The molecule has 0 radical (unpaired) electrons. The van der Waals surface area contributed by atoms with E-state index >= 15 is 0 Å². The van der Waals surface area contributed by atoms with Gasteiger partial charge < -0.3 is 14.0 Å². The maximum Gasteiger partial charge on any atom is 0.412 e. The third-order valence-electron chi connectivity index (χ3n) is 4.96. The van der Waals surface area contributed by atoms with Crippen molar-refractivity contribution in [3.05, 3.63) is 53.1 Å². The summed E-state index contributed by atoms with van der Waals surface area (Å²) in [5.41, 5.74) is 3.36. The third-order valence-corrected chi connectivity index (χ3v) is 6.40. The van der Waals surface area contributed by atoms with Crippen molar-refractivity contribution in [2.75, 3.05) is 17.7 Å². The van der Waals surface area contributed by atoms with Gasteiger partial charge in [-0.05, 0) is 87.1 Å². The summed E-state index contributed by atoms with van der Waals surface area (Å²) in [5, 5.41) is 2.72. The normalized spacial score (nSPS) is 16.0. The summed E-state index contributed by atoms with van der Waals surface area (Å²) in [5.74, 6) is 1.32. The van der Waals surface area contributed by atoms with Crippen molar-refractivity contribution in [2.24, 2.45) is 0 Å². The first-order valence-electron chi connectivity index (χ1n) is 9.49. The average Bonchev–Trinajstić information content (AvgIpc) is 2.62. The molecule has 2 aromatic rings. The monoisotopic (exact) mass is 401 g/mol. The van der Waals surface area contributed by atoms with E-state index in [1.807, 2.05) is 57.2 Å². The molecule has 1 aliphatic rings. The van der Waals surface area contributed by atoms with Gasteiger partial charge in [0.25, 0.3) is 0 Å². The maximum atomic E-state index is 12.4. The van der Waals surface area contributed by atoms with Gasteiger partial charge in [-0.1, -0.05) is 6.07 Å². The van der Waals surface area contributed by atoms with Crippen LogP contribution in [0.5, 0.6) is 5.75 Å². The number of unbranched alkanes of at least 4 members (excludes halogenated alkanes) is 1. The number of cyclic esters (lactones) is 1. The molecule has 1 amide bonds. The van der Waals surface area contributed by atoms with Crippen LogP contribution in [-0.2, 0) is 21.5 Å². The molecule has 5 nitrogen and oxygen atoms in total. The van der Waals surface area contributed by atoms with Gasteiger partial charge in [-0.15, -0.1) is 0 Å². The predicted molar refractivity (Wildman–Crippen MR) is 111 cm³/mol. The van der Waals surface area contributed by atoms with Crippen LogP contribution in [0.1, 0.15) is 43.4 Å². The summed E-state index contributed by atoms with van der Waals surface area (Å²) in [4.78, 5) is 12.6. The van der Waals surface area contributed by atoms with Crippen LogP contribution in [0.4, 0.5) is 10.5 Å². The molecular weight excluding hydrogens is 374 g/mol. The van der Waals surface area contributed by atoms with Gasteiger partial charge in [-0.3, -0.25) is 5.32 Å². The van der Waals surface area contributed by atoms with E-state index < -0.39 is 22.9 Å². The van der Waals surface area contributed by atoms with Crippen LogP contribution >= 0.6 is 0 Å². The fraction of sp³-hybridized carbons (Fsp3) is 0.409. The number of hydrogen-bond donors (Lipinski definition) is 1. The van der Waals surface area contributed by atoms with Gasteiger partial charge in [0.1, 0.15) is 17.1 Å². The lowest BCUT2D eigenvalue weighted by atomic mass is 9.95. The number of fused-ring (bicyclic) bond motifs is 1. The molecule has 6 heteroatoms. The Labute approximate surface area is 169 Å². The van der Waals surface area contributed by atoms with Crippen LogP contribution in [0.3, 0.4) is 0 Å². The number of aryl methyl sites for hydroxylation is 2. The van der Waals surface area contributed by atoms with Gasteiger partial charge in [0.05, 0.1) is 12.3 Å². The first kappa shape index (κ1) is 20.6. The Morgan fingerprint density at radius 3 is 2.64 bits per heavy atom. The van der Waals surface area contributed by atoms with E-state index in [0.29, 0.717) is 18.1 Å². The van der Waals surface area contributed by atoms with Gasteiger partial charge in [0.15, 0.2) is 4.90 Å². The molecule has 1 atom stereocenters. The Morgan fingerprint density at radius 1 is 1.11 bits per heavy atom. The van der Waals surface area contributed by atoms with E-state index in [1.54, 1.807) is 0 Å². The minimum absolute atomic E-state index is 0.455. The molecule has 0 aliphatic carbocycles. The van der Waals surface area contributed by atoms with Gasteiger partial charge in [-0.25, -0.2) is 4.79 Å². The average molecular weight is 402 g/mol. The molecule has 150 valence electrons. The molecule has 0 spiro atoms. The van der Waals surface area contributed by atoms with Crippen LogP contribution < -0.4 is 10.1 Å². The molecule has 1 N–H and O–H groups in total. The number of hydrogen-bond acceptors (Lipinski definition) is 4. The van der Waals surface area contributed by atoms with E-state index in [4.69, 9.17) is 9.47 Å². The molecule has 0 bridgehead atoms. The van der Waals surface area contributed by atoms with E-state index in [1.165, 1.54) is 11.1 Å². The number of benzene rings is 2. The lowest BCUT2D eigenvalue weighted by molar-refractivity contribution is 0.0420. The van der Waals surface area contributed by atoms with Crippen LogP contribution in [0, 0.1) is 13.8 Å².